The van der Waals surface area contributed by atoms with Crippen molar-refractivity contribution in [2.45, 2.75) is 33.8 Å². The SMILES string of the molecule is Cc1ccc(Nc2nc(NN)nc(OC(C)C)n2)c(C)c1. The molecule has 1 heterocycles. The van der Waals surface area contributed by atoms with Crippen LogP contribution in [0.5, 0.6) is 6.01 Å². The van der Waals surface area contributed by atoms with Crippen LogP contribution in [0, 0.1) is 13.8 Å². The van der Waals surface area contributed by atoms with Gasteiger partial charge in [0.25, 0.3) is 0 Å². The number of rotatable bonds is 5. The van der Waals surface area contributed by atoms with Crippen molar-refractivity contribution in [3.8, 4) is 6.01 Å². The van der Waals surface area contributed by atoms with E-state index >= 15 is 0 Å². The van der Waals surface area contributed by atoms with E-state index in [4.69, 9.17) is 10.6 Å². The highest BCUT2D eigenvalue weighted by atomic mass is 16.5. The summed E-state index contributed by atoms with van der Waals surface area (Å²) in [6.07, 6.45) is -0.0352. The predicted octanol–water partition coefficient (Wildman–Crippen LogP) is 2.30. The first-order valence-corrected chi connectivity index (χ1v) is 6.71. The molecule has 112 valence electrons. The summed E-state index contributed by atoms with van der Waals surface area (Å²) in [5.41, 5.74) is 5.63. The lowest BCUT2D eigenvalue weighted by atomic mass is 10.1. The Labute approximate surface area is 123 Å². The van der Waals surface area contributed by atoms with Gasteiger partial charge in [-0.25, -0.2) is 5.84 Å². The Morgan fingerprint density at radius 3 is 2.43 bits per heavy atom. The molecule has 0 atom stereocenters. The first-order valence-electron chi connectivity index (χ1n) is 6.71. The van der Waals surface area contributed by atoms with Crippen LogP contribution < -0.4 is 21.3 Å². The molecule has 0 spiro atoms. The van der Waals surface area contributed by atoms with E-state index in [-0.39, 0.29) is 18.1 Å². The Bertz CT molecular complexity index is 629. The van der Waals surface area contributed by atoms with Crippen LogP contribution in [0.1, 0.15) is 25.0 Å². The molecule has 1 aromatic carbocycles. The quantitative estimate of drug-likeness (QED) is 0.573. The smallest absolute Gasteiger partial charge is 0.323 e. The normalized spacial score (nSPS) is 10.6. The monoisotopic (exact) mass is 288 g/mol. The fourth-order valence-electron chi connectivity index (χ4n) is 1.81. The molecule has 0 saturated heterocycles. The van der Waals surface area contributed by atoms with E-state index in [1.807, 2.05) is 39.8 Å². The zero-order valence-electron chi connectivity index (χ0n) is 12.6. The fraction of sp³-hybridized carbons (Fsp3) is 0.357. The van der Waals surface area contributed by atoms with Gasteiger partial charge in [0.15, 0.2) is 0 Å². The molecule has 2 aromatic rings. The van der Waals surface area contributed by atoms with E-state index in [0.29, 0.717) is 5.95 Å². The van der Waals surface area contributed by atoms with Crippen LogP contribution in [0.2, 0.25) is 0 Å². The molecule has 0 aliphatic carbocycles. The summed E-state index contributed by atoms with van der Waals surface area (Å²) in [7, 11) is 0. The van der Waals surface area contributed by atoms with Crippen LogP contribution in [0.4, 0.5) is 17.6 Å². The molecule has 0 radical (unpaired) electrons. The van der Waals surface area contributed by atoms with Gasteiger partial charge in [-0.15, -0.1) is 0 Å². The molecule has 0 unspecified atom stereocenters. The molecule has 21 heavy (non-hydrogen) atoms. The van der Waals surface area contributed by atoms with Gasteiger partial charge in [-0.05, 0) is 39.3 Å². The molecule has 0 aliphatic heterocycles. The van der Waals surface area contributed by atoms with Gasteiger partial charge in [0, 0.05) is 5.69 Å². The topological polar surface area (TPSA) is 98.0 Å². The highest BCUT2D eigenvalue weighted by molar-refractivity contribution is 5.59. The predicted molar refractivity (Wildman–Crippen MR) is 82.6 cm³/mol. The number of nitrogen functional groups attached to an aromatic ring is 1. The van der Waals surface area contributed by atoms with Crippen molar-refractivity contribution in [2.75, 3.05) is 10.7 Å². The molecule has 0 aliphatic rings. The van der Waals surface area contributed by atoms with Gasteiger partial charge in [0.1, 0.15) is 0 Å². The number of ether oxygens (including phenoxy) is 1. The van der Waals surface area contributed by atoms with Gasteiger partial charge >= 0.3 is 6.01 Å². The fourth-order valence-corrected chi connectivity index (χ4v) is 1.81. The van der Waals surface area contributed by atoms with Crippen molar-refractivity contribution >= 4 is 17.6 Å². The lowest BCUT2D eigenvalue weighted by molar-refractivity contribution is 0.222. The van der Waals surface area contributed by atoms with E-state index < -0.39 is 0 Å². The number of hydrogen-bond acceptors (Lipinski definition) is 7. The van der Waals surface area contributed by atoms with E-state index in [9.17, 15) is 0 Å². The van der Waals surface area contributed by atoms with Gasteiger partial charge in [0.2, 0.25) is 11.9 Å². The lowest BCUT2D eigenvalue weighted by Gasteiger charge is -2.12. The van der Waals surface area contributed by atoms with Crippen molar-refractivity contribution in [2.24, 2.45) is 5.84 Å². The summed E-state index contributed by atoms with van der Waals surface area (Å²) in [5.74, 6) is 5.99. The Kier molecular flexibility index (Phi) is 4.54. The van der Waals surface area contributed by atoms with Crippen molar-refractivity contribution in [1.29, 1.82) is 0 Å². The summed E-state index contributed by atoms with van der Waals surface area (Å²) in [6, 6.07) is 6.30. The van der Waals surface area contributed by atoms with Crippen LogP contribution in [-0.2, 0) is 0 Å². The van der Waals surface area contributed by atoms with E-state index in [0.717, 1.165) is 11.3 Å². The number of benzene rings is 1. The number of nitrogens with zero attached hydrogens (tertiary/aromatic N) is 3. The Hall–Kier alpha value is -2.41. The van der Waals surface area contributed by atoms with Crippen molar-refractivity contribution < 1.29 is 4.74 Å². The Morgan fingerprint density at radius 1 is 1.10 bits per heavy atom. The molecule has 0 amide bonds. The van der Waals surface area contributed by atoms with Gasteiger partial charge < -0.3 is 10.1 Å². The first-order chi connectivity index (χ1) is 9.97. The molecule has 4 N–H and O–H groups in total. The highest BCUT2D eigenvalue weighted by Crippen LogP contribution is 2.21. The largest absolute Gasteiger partial charge is 0.461 e. The number of aryl methyl sites for hydroxylation is 2. The maximum Gasteiger partial charge on any atom is 0.323 e. The summed E-state index contributed by atoms with van der Waals surface area (Å²) >= 11 is 0. The van der Waals surface area contributed by atoms with Gasteiger partial charge in [-0.2, -0.15) is 15.0 Å². The lowest BCUT2D eigenvalue weighted by Crippen LogP contribution is -2.15. The van der Waals surface area contributed by atoms with Crippen molar-refractivity contribution in [3.05, 3.63) is 29.3 Å². The number of nitrogens with one attached hydrogen (secondary N) is 2. The second-order valence-electron chi connectivity index (χ2n) is 5.02. The molecule has 7 nitrogen and oxygen atoms in total. The third kappa shape index (κ3) is 4.03. The van der Waals surface area contributed by atoms with Gasteiger partial charge in [-0.1, -0.05) is 17.7 Å². The van der Waals surface area contributed by atoms with Crippen LogP contribution in [0.15, 0.2) is 18.2 Å². The third-order valence-corrected chi connectivity index (χ3v) is 2.71. The minimum Gasteiger partial charge on any atom is -0.461 e. The third-order valence-electron chi connectivity index (χ3n) is 2.71. The Morgan fingerprint density at radius 2 is 1.81 bits per heavy atom. The first kappa shape index (κ1) is 15.0. The zero-order valence-corrected chi connectivity index (χ0v) is 12.6. The summed E-state index contributed by atoms with van der Waals surface area (Å²) in [5, 5.41) is 3.15. The molecular formula is C14H20N6O. The minimum absolute atomic E-state index is 0.0352. The van der Waals surface area contributed by atoms with Crippen molar-refractivity contribution in [3.63, 3.8) is 0 Å². The van der Waals surface area contributed by atoms with Crippen LogP contribution in [0.25, 0.3) is 0 Å². The minimum atomic E-state index is -0.0352. The maximum absolute atomic E-state index is 5.49. The summed E-state index contributed by atoms with van der Waals surface area (Å²) < 4.78 is 5.49. The molecular weight excluding hydrogens is 268 g/mol. The number of hydrazine groups is 1. The molecule has 1 aromatic heterocycles. The maximum atomic E-state index is 5.49. The second kappa shape index (κ2) is 6.36. The average Bonchev–Trinajstić information content (AvgIpc) is 2.41. The average molecular weight is 288 g/mol. The van der Waals surface area contributed by atoms with Crippen molar-refractivity contribution in [1.82, 2.24) is 15.0 Å². The van der Waals surface area contributed by atoms with E-state index in [1.165, 1.54) is 5.56 Å². The van der Waals surface area contributed by atoms with Crippen LogP contribution in [0.3, 0.4) is 0 Å². The standard InChI is InChI=1S/C14H20N6O/c1-8(2)21-14-18-12(17-13(19-14)20-15)16-11-6-5-9(3)7-10(11)4/h5-8H,15H2,1-4H3,(H2,16,17,18,19,20). The molecule has 0 saturated carbocycles. The Balaban J connectivity index is 2.29. The highest BCUT2D eigenvalue weighted by Gasteiger charge is 2.09. The van der Waals surface area contributed by atoms with E-state index in [1.54, 1.807) is 0 Å². The molecule has 7 heteroatoms. The molecule has 2 rings (SSSR count). The number of aromatic nitrogens is 3. The van der Waals surface area contributed by atoms with Gasteiger partial charge in [-0.3, -0.25) is 5.43 Å². The van der Waals surface area contributed by atoms with E-state index in [2.05, 4.69) is 31.8 Å². The van der Waals surface area contributed by atoms with Crippen LogP contribution >= 0.6 is 0 Å². The number of nitrogens with two attached hydrogens (primary N) is 1. The summed E-state index contributed by atoms with van der Waals surface area (Å²) in [4.78, 5) is 12.4. The zero-order chi connectivity index (χ0) is 15.4. The summed E-state index contributed by atoms with van der Waals surface area (Å²) in [6.45, 7) is 7.86. The number of hydrogen-bond donors (Lipinski definition) is 3. The second-order valence-corrected chi connectivity index (χ2v) is 5.02. The van der Waals surface area contributed by atoms with Gasteiger partial charge in [0.05, 0.1) is 6.10 Å². The molecule has 0 fully saturated rings. The molecule has 0 bridgehead atoms. The van der Waals surface area contributed by atoms with Crippen LogP contribution in [-0.4, -0.2) is 21.1 Å². The number of anilines is 3.